The number of aromatic nitrogens is 1. The van der Waals surface area contributed by atoms with Gasteiger partial charge in [-0.3, -0.25) is 0 Å². The molecule has 0 fully saturated rings. The first kappa shape index (κ1) is 12.7. The van der Waals surface area contributed by atoms with Crippen LogP contribution in [0.4, 0.5) is 0 Å². The van der Waals surface area contributed by atoms with Gasteiger partial charge in [-0.2, -0.15) is 5.26 Å². The number of H-pyrrole nitrogens is 1. The molecule has 1 aromatic heterocycles. The number of aryl methyl sites for hydroxylation is 1. The highest BCUT2D eigenvalue weighted by molar-refractivity contribution is 5.85. The predicted octanol–water partition coefficient (Wildman–Crippen LogP) is 3.29. The molecule has 0 saturated carbocycles. The Labute approximate surface area is 108 Å². The second-order valence-corrected chi connectivity index (χ2v) is 5.26. The summed E-state index contributed by atoms with van der Waals surface area (Å²) in [6.07, 6.45) is 0. The van der Waals surface area contributed by atoms with Crippen molar-refractivity contribution in [2.75, 3.05) is 7.05 Å². The normalized spacial score (nSPS) is 13.5. The minimum Gasteiger partial charge on any atom is -0.358 e. The monoisotopic (exact) mass is 241 g/mol. The van der Waals surface area contributed by atoms with Crippen LogP contribution in [-0.4, -0.2) is 12.0 Å². The van der Waals surface area contributed by atoms with Crippen molar-refractivity contribution in [1.29, 1.82) is 5.26 Å². The molecule has 2 aromatic rings. The topological polar surface area (TPSA) is 51.6 Å². The van der Waals surface area contributed by atoms with Gasteiger partial charge in [0.2, 0.25) is 0 Å². The van der Waals surface area contributed by atoms with Crippen LogP contribution in [0.2, 0.25) is 0 Å². The summed E-state index contributed by atoms with van der Waals surface area (Å²) in [5.41, 5.74) is 2.99. The smallest absolute Gasteiger partial charge is 0.0713 e. The van der Waals surface area contributed by atoms with E-state index in [1.165, 1.54) is 10.9 Å². The van der Waals surface area contributed by atoms with E-state index < -0.39 is 5.41 Å². The first-order valence-electron chi connectivity index (χ1n) is 6.17. The molecule has 18 heavy (non-hydrogen) atoms. The maximum atomic E-state index is 9.36. The van der Waals surface area contributed by atoms with Crippen LogP contribution in [0.25, 0.3) is 10.9 Å². The third-order valence-corrected chi connectivity index (χ3v) is 3.53. The van der Waals surface area contributed by atoms with Crippen molar-refractivity contribution in [3.05, 3.63) is 35.5 Å². The number of nitrogens with one attached hydrogen (secondary N) is 2. The van der Waals surface area contributed by atoms with Crippen molar-refractivity contribution in [1.82, 2.24) is 10.3 Å². The Morgan fingerprint density at radius 3 is 2.61 bits per heavy atom. The number of hydrogen-bond donors (Lipinski definition) is 2. The summed E-state index contributed by atoms with van der Waals surface area (Å²) in [6, 6.07) is 10.6. The SMILES string of the molecule is CNC(c1c(C)[nH]c2ccccc12)C(C)(C)C#N. The molecular weight excluding hydrogens is 222 g/mol. The van der Waals surface area contributed by atoms with E-state index in [-0.39, 0.29) is 6.04 Å². The third kappa shape index (κ3) is 1.89. The van der Waals surface area contributed by atoms with Crippen molar-refractivity contribution < 1.29 is 0 Å². The van der Waals surface area contributed by atoms with E-state index in [4.69, 9.17) is 0 Å². The average molecular weight is 241 g/mol. The van der Waals surface area contributed by atoms with Gasteiger partial charge in [-0.25, -0.2) is 0 Å². The fourth-order valence-electron chi connectivity index (χ4n) is 2.60. The fraction of sp³-hybridized carbons (Fsp3) is 0.400. The lowest BCUT2D eigenvalue weighted by Crippen LogP contribution is -2.31. The van der Waals surface area contributed by atoms with E-state index in [1.54, 1.807) is 0 Å². The van der Waals surface area contributed by atoms with E-state index in [9.17, 15) is 5.26 Å². The van der Waals surface area contributed by atoms with Crippen LogP contribution in [0.15, 0.2) is 24.3 Å². The molecule has 0 aliphatic rings. The molecule has 0 spiro atoms. The molecule has 0 aliphatic heterocycles. The standard InChI is InChI=1S/C15H19N3/c1-10-13(14(17-4)15(2,3)9-16)11-7-5-6-8-12(11)18-10/h5-8,14,17-18H,1-4H3. The van der Waals surface area contributed by atoms with Crippen molar-refractivity contribution in [3.63, 3.8) is 0 Å². The molecule has 3 nitrogen and oxygen atoms in total. The number of benzene rings is 1. The molecule has 1 aromatic carbocycles. The third-order valence-electron chi connectivity index (χ3n) is 3.53. The second kappa shape index (κ2) is 4.47. The number of hydrogen-bond acceptors (Lipinski definition) is 2. The Morgan fingerprint density at radius 2 is 2.00 bits per heavy atom. The number of nitriles is 1. The van der Waals surface area contributed by atoms with E-state index in [2.05, 4.69) is 35.4 Å². The summed E-state index contributed by atoms with van der Waals surface area (Å²) in [6.45, 7) is 6.00. The van der Waals surface area contributed by atoms with Crippen LogP contribution in [0.5, 0.6) is 0 Å². The minimum atomic E-state index is -0.454. The number of rotatable bonds is 3. The number of para-hydroxylation sites is 1. The predicted molar refractivity (Wildman–Crippen MR) is 74.2 cm³/mol. The quantitative estimate of drug-likeness (QED) is 0.866. The van der Waals surface area contributed by atoms with Crippen molar-refractivity contribution in [2.24, 2.45) is 5.41 Å². The number of aromatic amines is 1. The Balaban J connectivity index is 2.66. The van der Waals surface area contributed by atoms with Crippen LogP contribution in [0, 0.1) is 23.7 Å². The van der Waals surface area contributed by atoms with Gasteiger partial charge in [0.05, 0.1) is 17.5 Å². The summed E-state index contributed by atoms with van der Waals surface area (Å²) in [4.78, 5) is 3.39. The molecular formula is C15H19N3. The van der Waals surface area contributed by atoms with Gasteiger partial charge in [-0.15, -0.1) is 0 Å². The summed E-state index contributed by atoms with van der Waals surface area (Å²) in [5.74, 6) is 0. The van der Waals surface area contributed by atoms with Gasteiger partial charge in [0.25, 0.3) is 0 Å². The van der Waals surface area contributed by atoms with Gasteiger partial charge >= 0.3 is 0 Å². The lowest BCUT2D eigenvalue weighted by molar-refractivity contribution is 0.345. The number of nitrogens with zero attached hydrogens (tertiary/aromatic N) is 1. The zero-order chi connectivity index (χ0) is 13.3. The zero-order valence-corrected chi connectivity index (χ0v) is 11.3. The van der Waals surface area contributed by atoms with Crippen molar-refractivity contribution in [2.45, 2.75) is 26.8 Å². The second-order valence-electron chi connectivity index (χ2n) is 5.26. The Bertz CT molecular complexity index is 602. The highest BCUT2D eigenvalue weighted by atomic mass is 14.9. The van der Waals surface area contributed by atoms with Crippen LogP contribution >= 0.6 is 0 Å². The van der Waals surface area contributed by atoms with E-state index in [1.807, 2.05) is 33.0 Å². The molecule has 1 unspecified atom stereocenters. The zero-order valence-electron chi connectivity index (χ0n) is 11.3. The molecule has 0 bridgehead atoms. The van der Waals surface area contributed by atoms with Gasteiger partial charge in [-0.05, 0) is 39.4 Å². The van der Waals surface area contributed by atoms with Crippen LogP contribution in [-0.2, 0) is 0 Å². The molecule has 0 radical (unpaired) electrons. The van der Waals surface area contributed by atoms with Crippen LogP contribution in [0.1, 0.15) is 31.1 Å². The molecule has 0 amide bonds. The van der Waals surface area contributed by atoms with Gasteiger partial charge in [0.15, 0.2) is 0 Å². The lowest BCUT2D eigenvalue weighted by atomic mass is 9.81. The fourth-order valence-corrected chi connectivity index (χ4v) is 2.60. The van der Waals surface area contributed by atoms with Crippen LogP contribution in [0.3, 0.4) is 0 Å². The highest BCUT2D eigenvalue weighted by Crippen LogP contribution is 2.38. The lowest BCUT2D eigenvalue weighted by Gasteiger charge is -2.28. The first-order valence-corrected chi connectivity index (χ1v) is 6.17. The summed E-state index contributed by atoms with van der Waals surface area (Å²) in [7, 11) is 1.91. The molecule has 1 atom stereocenters. The minimum absolute atomic E-state index is 0.0126. The molecule has 0 saturated heterocycles. The van der Waals surface area contributed by atoms with Gasteiger partial charge in [-0.1, -0.05) is 18.2 Å². The molecule has 1 heterocycles. The molecule has 0 aliphatic carbocycles. The summed E-state index contributed by atoms with van der Waals surface area (Å²) < 4.78 is 0. The highest BCUT2D eigenvalue weighted by Gasteiger charge is 2.32. The van der Waals surface area contributed by atoms with Crippen LogP contribution < -0.4 is 5.32 Å². The molecule has 2 rings (SSSR count). The largest absolute Gasteiger partial charge is 0.358 e. The van der Waals surface area contributed by atoms with Crippen molar-refractivity contribution >= 4 is 10.9 Å². The summed E-state index contributed by atoms with van der Waals surface area (Å²) in [5, 5.41) is 13.8. The van der Waals surface area contributed by atoms with Gasteiger partial charge < -0.3 is 10.3 Å². The van der Waals surface area contributed by atoms with Gasteiger partial charge in [0, 0.05) is 16.6 Å². The Morgan fingerprint density at radius 1 is 1.33 bits per heavy atom. The summed E-state index contributed by atoms with van der Waals surface area (Å²) >= 11 is 0. The maximum Gasteiger partial charge on any atom is 0.0713 e. The maximum absolute atomic E-state index is 9.36. The molecule has 94 valence electrons. The van der Waals surface area contributed by atoms with E-state index in [0.717, 1.165) is 11.2 Å². The first-order chi connectivity index (χ1) is 8.51. The Kier molecular flexibility index (Phi) is 3.14. The molecule has 3 heteroatoms. The Hall–Kier alpha value is -1.79. The van der Waals surface area contributed by atoms with E-state index >= 15 is 0 Å². The number of fused-ring (bicyclic) bond motifs is 1. The average Bonchev–Trinajstić information content (AvgIpc) is 2.67. The van der Waals surface area contributed by atoms with E-state index in [0.29, 0.717) is 0 Å². The van der Waals surface area contributed by atoms with Gasteiger partial charge in [0.1, 0.15) is 0 Å². The molecule has 2 N–H and O–H groups in total. The van der Waals surface area contributed by atoms with Crippen molar-refractivity contribution in [3.8, 4) is 6.07 Å².